The number of rotatable bonds is 4. The van der Waals surface area contributed by atoms with Crippen molar-refractivity contribution in [3.05, 3.63) is 54.1 Å². The average Bonchev–Trinajstić information content (AvgIpc) is 2.26. The third kappa shape index (κ3) is 3.09. The lowest BCUT2D eigenvalue weighted by Crippen LogP contribution is -1.85. The molecule has 0 saturated carbocycles. The largest absolute Gasteiger partial charge is 0.497 e. The van der Waals surface area contributed by atoms with Gasteiger partial charge in [-0.05, 0) is 31.0 Å². The molecule has 0 aromatic heterocycles. The van der Waals surface area contributed by atoms with E-state index >= 15 is 0 Å². The number of methoxy groups -OCH3 is 1. The van der Waals surface area contributed by atoms with Gasteiger partial charge in [-0.15, -0.1) is 0 Å². The molecular weight excluding hydrogens is 172 g/mol. The van der Waals surface area contributed by atoms with E-state index in [1.807, 2.05) is 18.2 Å². The summed E-state index contributed by atoms with van der Waals surface area (Å²) in [6.07, 6.45) is 4.97. The first-order valence-corrected chi connectivity index (χ1v) is 4.68. The van der Waals surface area contributed by atoms with Gasteiger partial charge in [-0.3, -0.25) is 0 Å². The average molecular weight is 188 g/mol. The molecule has 74 valence electrons. The fraction of sp³-hybridized carbons (Fsp3) is 0.231. The molecule has 1 nitrogen and oxygen atoms in total. The molecule has 0 aliphatic rings. The highest BCUT2D eigenvalue weighted by Crippen LogP contribution is 2.12. The molecule has 1 rings (SSSR count). The zero-order chi connectivity index (χ0) is 10.4. The summed E-state index contributed by atoms with van der Waals surface area (Å²) in [5, 5.41) is 0. The summed E-state index contributed by atoms with van der Waals surface area (Å²) in [7, 11) is 1.68. The van der Waals surface area contributed by atoms with E-state index < -0.39 is 0 Å². The van der Waals surface area contributed by atoms with Crippen LogP contribution in [0.3, 0.4) is 0 Å². The van der Waals surface area contributed by atoms with E-state index in [2.05, 4.69) is 31.7 Å². The van der Waals surface area contributed by atoms with Crippen LogP contribution in [0.1, 0.15) is 12.5 Å². The summed E-state index contributed by atoms with van der Waals surface area (Å²) in [6.45, 7) is 5.76. The lowest BCUT2D eigenvalue weighted by molar-refractivity contribution is 0.414. The molecule has 0 N–H and O–H groups in total. The quantitative estimate of drug-likeness (QED) is 0.658. The monoisotopic (exact) mass is 188 g/mol. The van der Waals surface area contributed by atoms with Gasteiger partial charge < -0.3 is 4.74 Å². The van der Waals surface area contributed by atoms with Crippen LogP contribution in [-0.2, 0) is 6.42 Å². The van der Waals surface area contributed by atoms with Gasteiger partial charge in [-0.25, -0.2) is 0 Å². The molecule has 0 heterocycles. The van der Waals surface area contributed by atoms with Crippen molar-refractivity contribution in [2.24, 2.45) is 0 Å². The van der Waals surface area contributed by atoms with Gasteiger partial charge in [0.05, 0.1) is 7.11 Å². The fourth-order valence-electron chi connectivity index (χ4n) is 1.12. The molecule has 0 bridgehead atoms. The molecule has 1 aromatic rings. The van der Waals surface area contributed by atoms with Crippen molar-refractivity contribution in [3.63, 3.8) is 0 Å². The van der Waals surface area contributed by atoms with Gasteiger partial charge in [0.15, 0.2) is 0 Å². The van der Waals surface area contributed by atoms with Gasteiger partial charge in [0, 0.05) is 0 Å². The molecule has 0 unspecified atom stereocenters. The lowest BCUT2D eigenvalue weighted by Gasteiger charge is -2.00. The van der Waals surface area contributed by atoms with Crippen LogP contribution < -0.4 is 4.74 Å². The Bertz CT molecular complexity index is 320. The summed E-state index contributed by atoms with van der Waals surface area (Å²) in [5.74, 6) is 0.901. The molecule has 14 heavy (non-hydrogen) atoms. The Morgan fingerprint density at radius 1 is 1.36 bits per heavy atom. The predicted octanol–water partition coefficient (Wildman–Crippen LogP) is 3.37. The topological polar surface area (TPSA) is 9.23 Å². The van der Waals surface area contributed by atoms with Crippen LogP contribution in [0.4, 0.5) is 0 Å². The maximum Gasteiger partial charge on any atom is 0.118 e. The number of ether oxygens (including phenoxy) is 1. The second-order valence-electron chi connectivity index (χ2n) is 3.20. The Hall–Kier alpha value is -1.50. The van der Waals surface area contributed by atoms with Crippen LogP contribution in [0.25, 0.3) is 0 Å². The maximum atomic E-state index is 5.08. The van der Waals surface area contributed by atoms with E-state index in [4.69, 9.17) is 4.74 Å². The lowest BCUT2D eigenvalue weighted by atomic mass is 10.1. The number of allylic oxidation sites excluding steroid dienone is 3. The fourth-order valence-corrected chi connectivity index (χ4v) is 1.12. The SMILES string of the molecule is C=C/C(C)=C/Cc1ccc(OC)cc1. The second kappa shape index (κ2) is 5.28. The Morgan fingerprint density at radius 3 is 2.50 bits per heavy atom. The number of benzene rings is 1. The van der Waals surface area contributed by atoms with Crippen molar-refractivity contribution < 1.29 is 4.74 Å². The Kier molecular flexibility index (Phi) is 3.99. The Labute approximate surface area is 85.7 Å². The molecule has 1 aromatic carbocycles. The molecule has 0 aliphatic heterocycles. The first-order valence-electron chi connectivity index (χ1n) is 4.68. The summed E-state index contributed by atoms with van der Waals surface area (Å²) >= 11 is 0. The predicted molar refractivity (Wildman–Crippen MR) is 60.7 cm³/mol. The van der Waals surface area contributed by atoms with Gasteiger partial charge in [-0.2, -0.15) is 0 Å². The smallest absolute Gasteiger partial charge is 0.118 e. The van der Waals surface area contributed by atoms with Crippen molar-refractivity contribution in [2.45, 2.75) is 13.3 Å². The minimum atomic E-state index is 0.901. The summed E-state index contributed by atoms with van der Waals surface area (Å²) in [6, 6.07) is 8.11. The van der Waals surface area contributed by atoms with E-state index in [1.54, 1.807) is 7.11 Å². The van der Waals surface area contributed by atoms with Crippen molar-refractivity contribution in [3.8, 4) is 5.75 Å². The molecule has 0 radical (unpaired) electrons. The highest BCUT2D eigenvalue weighted by molar-refractivity contribution is 5.29. The summed E-state index contributed by atoms with van der Waals surface area (Å²) in [4.78, 5) is 0. The Balaban J connectivity index is 2.64. The highest BCUT2D eigenvalue weighted by Gasteiger charge is 1.92. The molecule has 1 heteroatoms. The van der Waals surface area contributed by atoms with Crippen LogP contribution in [0.5, 0.6) is 5.75 Å². The third-order valence-electron chi connectivity index (χ3n) is 2.14. The van der Waals surface area contributed by atoms with Crippen LogP contribution in [0.15, 0.2) is 48.6 Å². The molecular formula is C13H16O. The van der Waals surface area contributed by atoms with E-state index in [0.29, 0.717) is 0 Å². The van der Waals surface area contributed by atoms with Crippen LogP contribution in [0, 0.1) is 0 Å². The highest BCUT2D eigenvalue weighted by atomic mass is 16.5. The minimum absolute atomic E-state index is 0.901. The first-order chi connectivity index (χ1) is 6.76. The number of hydrogen-bond acceptors (Lipinski definition) is 1. The molecule has 0 amide bonds. The van der Waals surface area contributed by atoms with Crippen LogP contribution in [0.2, 0.25) is 0 Å². The van der Waals surface area contributed by atoms with Crippen molar-refractivity contribution in [2.75, 3.05) is 7.11 Å². The standard InChI is InChI=1S/C13H16O/c1-4-11(2)5-6-12-7-9-13(14-3)10-8-12/h4-5,7-10H,1,6H2,2-3H3/b11-5+. The van der Waals surface area contributed by atoms with Crippen molar-refractivity contribution in [1.82, 2.24) is 0 Å². The van der Waals surface area contributed by atoms with Gasteiger partial charge in [-0.1, -0.05) is 36.4 Å². The second-order valence-corrected chi connectivity index (χ2v) is 3.20. The molecule has 0 saturated heterocycles. The van der Waals surface area contributed by atoms with E-state index in [0.717, 1.165) is 12.2 Å². The summed E-state index contributed by atoms with van der Waals surface area (Å²) in [5.41, 5.74) is 2.49. The third-order valence-corrected chi connectivity index (χ3v) is 2.14. The first kappa shape index (κ1) is 10.6. The maximum absolute atomic E-state index is 5.08. The zero-order valence-electron chi connectivity index (χ0n) is 8.79. The van der Waals surface area contributed by atoms with Gasteiger partial charge in [0.25, 0.3) is 0 Å². The molecule has 0 aliphatic carbocycles. The molecule has 0 spiro atoms. The van der Waals surface area contributed by atoms with Gasteiger partial charge in [0.2, 0.25) is 0 Å². The normalized spacial score (nSPS) is 11.1. The summed E-state index contributed by atoms with van der Waals surface area (Å²) < 4.78 is 5.08. The van der Waals surface area contributed by atoms with Crippen molar-refractivity contribution >= 4 is 0 Å². The zero-order valence-corrected chi connectivity index (χ0v) is 8.79. The van der Waals surface area contributed by atoms with Crippen molar-refractivity contribution in [1.29, 1.82) is 0 Å². The van der Waals surface area contributed by atoms with Crippen LogP contribution >= 0.6 is 0 Å². The van der Waals surface area contributed by atoms with Gasteiger partial charge >= 0.3 is 0 Å². The van der Waals surface area contributed by atoms with E-state index in [9.17, 15) is 0 Å². The minimum Gasteiger partial charge on any atom is -0.497 e. The Morgan fingerprint density at radius 2 is 2.00 bits per heavy atom. The van der Waals surface area contributed by atoms with Crippen LogP contribution in [-0.4, -0.2) is 7.11 Å². The number of hydrogen-bond donors (Lipinski definition) is 0. The molecule has 0 atom stereocenters. The van der Waals surface area contributed by atoms with Gasteiger partial charge in [0.1, 0.15) is 5.75 Å². The van der Waals surface area contributed by atoms with E-state index in [1.165, 1.54) is 11.1 Å². The molecule has 0 fully saturated rings. The van der Waals surface area contributed by atoms with E-state index in [-0.39, 0.29) is 0 Å².